The average molecular weight is 625 g/mol. The van der Waals surface area contributed by atoms with Gasteiger partial charge in [0, 0.05) is 37.4 Å². The van der Waals surface area contributed by atoms with Gasteiger partial charge in [0.1, 0.15) is 36.2 Å². The third kappa shape index (κ3) is 6.96. The van der Waals surface area contributed by atoms with Crippen LogP contribution in [0.2, 0.25) is 0 Å². The molecule has 0 unspecified atom stereocenters. The van der Waals surface area contributed by atoms with E-state index in [1.807, 2.05) is 38.1 Å². The van der Waals surface area contributed by atoms with Crippen LogP contribution in [-0.4, -0.2) is 49.8 Å². The number of hydrogen-bond acceptors (Lipinski definition) is 10. The minimum Gasteiger partial charge on any atom is -0.508 e. The molecule has 2 heterocycles. The molecule has 14 heteroatoms. The van der Waals surface area contributed by atoms with Crippen LogP contribution < -0.4 is 20.9 Å². The number of aromatic hydroxyl groups is 2. The van der Waals surface area contributed by atoms with Gasteiger partial charge in [0.25, 0.3) is 0 Å². The molecule has 0 radical (unpaired) electrons. The summed E-state index contributed by atoms with van der Waals surface area (Å²) in [5.74, 6) is 1.37. The lowest BCUT2D eigenvalue weighted by atomic mass is 10.1. The zero-order valence-corrected chi connectivity index (χ0v) is 25.6. The second-order valence-electron chi connectivity index (χ2n) is 10.3. The van der Waals surface area contributed by atoms with Crippen LogP contribution in [0.3, 0.4) is 0 Å². The lowest BCUT2D eigenvalue weighted by molar-refractivity contribution is 0.303. The summed E-state index contributed by atoms with van der Waals surface area (Å²) >= 11 is 0. The number of tetrazole rings is 2. The van der Waals surface area contributed by atoms with Crippen molar-refractivity contribution in [3.8, 4) is 34.4 Å². The zero-order chi connectivity index (χ0) is 32.8. The molecular weight excluding hydrogens is 592 g/mol. The molecule has 0 atom stereocenters. The highest BCUT2D eigenvalue weighted by atomic mass is 16.5. The van der Waals surface area contributed by atoms with Gasteiger partial charge in [-0.05, 0) is 82.2 Å². The van der Waals surface area contributed by atoms with Crippen LogP contribution in [0, 0.1) is 13.8 Å². The fraction of sp³-hybridized carbons (Fsp3) is 0.188. The second-order valence-corrected chi connectivity index (χ2v) is 10.3. The van der Waals surface area contributed by atoms with E-state index >= 15 is 0 Å². The Kier molecular flexibility index (Phi) is 9.26. The van der Waals surface area contributed by atoms with Crippen molar-refractivity contribution in [2.75, 3.05) is 0 Å². The molecule has 0 amide bonds. The van der Waals surface area contributed by atoms with Crippen LogP contribution in [-0.2, 0) is 27.3 Å². The number of benzene rings is 4. The van der Waals surface area contributed by atoms with Gasteiger partial charge >= 0.3 is 11.4 Å². The molecule has 0 bridgehead atoms. The number of aromatic nitrogens is 8. The van der Waals surface area contributed by atoms with E-state index in [9.17, 15) is 19.8 Å². The van der Waals surface area contributed by atoms with Crippen LogP contribution in [0.5, 0.6) is 23.0 Å². The molecule has 0 saturated heterocycles. The minimum atomic E-state index is -0.325. The third-order valence-electron chi connectivity index (χ3n) is 7.07. The van der Waals surface area contributed by atoms with E-state index in [2.05, 4.69) is 20.9 Å². The molecule has 0 saturated carbocycles. The first-order valence-electron chi connectivity index (χ1n) is 14.1. The first kappa shape index (κ1) is 31.3. The summed E-state index contributed by atoms with van der Waals surface area (Å²) in [6.07, 6.45) is 0. The zero-order valence-electron chi connectivity index (χ0n) is 25.6. The van der Waals surface area contributed by atoms with Gasteiger partial charge in [-0.2, -0.15) is 18.7 Å². The van der Waals surface area contributed by atoms with Crippen molar-refractivity contribution >= 4 is 0 Å². The van der Waals surface area contributed by atoms with Crippen molar-refractivity contribution in [1.29, 1.82) is 0 Å². The van der Waals surface area contributed by atoms with Gasteiger partial charge in [-0.3, -0.25) is 0 Å². The van der Waals surface area contributed by atoms with E-state index in [0.717, 1.165) is 22.3 Å². The van der Waals surface area contributed by atoms with Crippen LogP contribution in [0.25, 0.3) is 11.4 Å². The van der Waals surface area contributed by atoms with Crippen molar-refractivity contribution in [3.05, 3.63) is 128 Å². The van der Waals surface area contributed by atoms with Gasteiger partial charge in [0.05, 0.1) is 11.4 Å². The highest BCUT2D eigenvalue weighted by molar-refractivity contribution is 5.46. The Hall–Kier alpha value is -6.18. The Morgan fingerprint density at radius 3 is 1.33 bits per heavy atom. The molecule has 14 nitrogen and oxygen atoms in total. The summed E-state index contributed by atoms with van der Waals surface area (Å²) in [6.45, 7) is 4.36. The summed E-state index contributed by atoms with van der Waals surface area (Å²) in [5.41, 5.74) is 4.22. The smallest absolute Gasteiger partial charge is 0.368 e. The monoisotopic (exact) mass is 624 g/mol. The average Bonchev–Trinajstić information content (AvgIpc) is 3.55. The van der Waals surface area contributed by atoms with E-state index in [1.54, 1.807) is 62.6 Å². The fourth-order valence-electron chi connectivity index (χ4n) is 4.53. The summed E-state index contributed by atoms with van der Waals surface area (Å²) in [5, 5.41) is 34.2. The second kappa shape index (κ2) is 13.6. The van der Waals surface area contributed by atoms with E-state index in [1.165, 1.54) is 30.9 Å². The van der Waals surface area contributed by atoms with Crippen LogP contribution in [0.1, 0.15) is 22.3 Å². The number of rotatable bonds is 8. The first-order valence-corrected chi connectivity index (χ1v) is 14.1. The quantitative estimate of drug-likeness (QED) is 0.257. The molecule has 46 heavy (non-hydrogen) atoms. The number of ether oxygens (including phenoxy) is 2. The molecule has 0 aliphatic heterocycles. The number of phenols is 2. The summed E-state index contributed by atoms with van der Waals surface area (Å²) in [7, 11) is 3.09. The lowest BCUT2D eigenvalue weighted by Crippen LogP contribution is -2.23. The molecular formula is C32H32N8O6. The maximum Gasteiger partial charge on any atom is 0.368 e. The summed E-state index contributed by atoms with van der Waals surface area (Å²) in [4.78, 5) is 24.2. The molecule has 0 aliphatic carbocycles. The van der Waals surface area contributed by atoms with E-state index < -0.39 is 0 Å². The van der Waals surface area contributed by atoms with Gasteiger partial charge in [0.15, 0.2) is 0 Å². The maximum absolute atomic E-state index is 12.1. The highest BCUT2D eigenvalue weighted by Crippen LogP contribution is 2.24. The van der Waals surface area contributed by atoms with Crippen molar-refractivity contribution in [2.24, 2.45) is 14.1 Å². The molecule has 2 aromatic heterocycles. The van der Waals surface area contributed by atoms with Gasteiger partial charge in [-0.25, -0.2) is 9.59 Å². The number of hydrogen-bond donors (Lipinski definition) is 2. The van der Waals surface area contributed by atoms with E-state index in [-0.39, 0.29) is 36.1 Å². The Balaban J connectivity index is 0.000000181. The highest BCUT2D eigenvalue weighted by Gasteiger charge is 2.15. The Morgan fingerprint density at radius 1 is 0.587 bits per heavy atom. The van der Waals surface area contributed by atoms with E-state index in [4.69, 9.17) is 9.47 Å². The van der Waals surface area contributed by atoms with E-state index in [0.29, 0.717) is 22.9 Å². The van der Waals surface area contributed by atoms with Crippen molar-refractivity contribution < 1.29 is 19.7 Å². The van der Waals surface area contributed by atoms with Gasteiger partial charge in [-0.1, -0.05) is 36.4 Å². The number of aryl methyl sites for hydroxylation is 4. The first-order chi connectivity index (χ1) is 22.1. The molecule has 0 spiro atoms. The maximum atomic E-state index is 12.1. The Bertz CT molecular complexity index is 1950. The Labute approximate surface area is 262 Å². The van der Waals surface area contributed by atoms with Crippen molar-refractivity contribution in [3.63, 3.8) is 0 Å². The SMILES string of the molecule is Cc1cccc(-n2nnn(C)c2=O)c1COc1cccc(O)c1.Cc1cccc(-n2nnn(C)c2=O)c1COc1cccc(O)c1. The molecule has 0 aliphatic rings. The molecule has 236 valence electrons. The predicted octanol–water partition coefficient (Wildman–Crippen LogP) is 3.12. The molecule has 0 fully saturated rings. The van der Waals surface area contributed by atoms with Crippen molar-refractivity contribution in [2.45, 2.75) is 27.1 Å². The molecule has 6 rings (SSSR count). The van der Waals surface area contributed by atoms with Gasteiger partial charge in [0.2, 0.25) is 0 Å². The van der Waals surface area contributed by atoms with Crippen LogP contribution in [0.4, 0.5) is 0 Å². The standard InChI is InChI=1S/2C16H16N4O3/c2*1-11-5-3-8-15(20-16(22)19(2)17-18-20)14(11)10-23-13-7-4-6-12(21)9-13/h2*3-9,21H,10H2,1-2H3. The lowest BCUT2D eigenvalue weighted by Gasteiger charge is -2.13. The predicted molar refractivity (Wildman–Crippen MR) is 168 cm³/mol. The van der Waals surface area contributed by atoms with Crippen LogP contribution in [0.15, 0.2) is 94.5 Å². The molecule has 2 N–H and O–H groups in total. The Morgan fingerprint density at radius 2 is 0.978 bits per heavy atom. The number of nitrogens with zero attached hydrogens (tertiary/aromatic N) is 8. The van der Waals surface area contributed by atoms with Crippen LogP contribution >= 0.6 is 0 Å². The number of phenolic OH excluding ortho intramolecular Hbond substituents is 2. The summed E-state index contributed by atoms with van der Waals surface area (Å²) in [6, 6.07) is 24.3. The largest absolute Gasteiger partial charge is 0.508 e. The van der Waals surface area contributed by atoms with Crippen molar-refractivity contribution in [1.82, 2.24) is 39.6 Å². The molecule has 4 aromatic carbocycles. The third-order valence-corrected chi connectivity index (χ3v) is 7.07. The van der Waals surface area contributed by atoms with Gasteiger partial charge < -0.3 is 19.7 Å². The minimum absolute atomic E-state index is 0.137. The summed E-state index contributed by atoms with van der Waals surface area (Å²) < 4.78 is 16.3. The topological polar surface area (TPSA) is 164 Å². The normalized spacial score (nSPS) is 10.7. The van der Waals surface area contributed by atoms with Gasteiger partial charge in [-0.15, -0.1) is 0 Å². The fourth-order valence-corrected chi connectivity index (χ4v) is 4.53. The molecule has 6 aromatic rings.